The first-order valence-electron chi connectivity index (χ1n) is 7.69. The molecule has 1 aliphatic heterocycles. The summed E-state index contributed by atoms with van der Waals surface area (Å²) in [5, 5.41) is 6.62. The van der Waals surface area contributed by atoms with E-state index in [9.17, 15) is 0 Å². The Balaban J connectivity index is 0.00000242. The second kappa shape index (κ2) is 11.0. The predicted molar refractivity (Wildman–Crippen MR) is 110 cm³/mol. The van der Waals surface area contributed by atoms with Crippen molar-refractivity contribution in [3.63, 3.8) is 0 Å². The molecule has 22 heavy (non-hydrogen) atoms. The number of guanidine groups is 1. The quantitative estimate of drug-likeness (QED) is 0.425. The maximum absolute atomic E-state index is 4.22. The van der Waals surface area contributed by atoms with Gasteiger partial charge >= 0.3 is 0 Å². The highest BCUT2D eigenvalue weighted by atomic mass is 127. The average Bonchev–Trinajstić information content (AvgIpc) is 2.56. The molecule has 2 N–H and O–H groups in total. The van der Waals surface area contributed by atoms with Crippen molar-refractivity contribution in [1.29, 1.82) is 0 Å². The molecular weight excluding hydrogens is 407 g/mol. The smallest absolute Gasteiger partial charge is 0.191 e. The van der Waals surface area contributed by atoms with Crippen LogP contribution in [0.25, 0.3) is 0 Å². The molecule has 124 valence electrons. The molecule has 0 aliphatic carbocycles. The molecular formula is C16H27IN4S. The lowest BCUT2D eigenvalue weighted by Gasteiger charge is -2.28. The Hall–Kier alpha value is -0.630. The molecule has 1 aromatic carbocycles. The Bertz CT molecular complexity index is 444. The molecule has 1 saturated heterocycles. The Kier molecular flexibility index (Phi) is 9.70. The van der Waals surface area contributed by atoms with Gasteiger partial charge in [0.2, 0.25) is 0 Å². The highest BCUT2D eigenvalue weighted by molar-refractivity contribution is 14.0. The van der Waals surface area contributed by atoms with E-state index in [0.29, 0.717) is 0 Å². The zero-order valence-electron chi connectivity index (χ0n) is 13.5. The summed E-state index contributed by atoms with van der Waals surface area (Å²) >= 11 is 2.04. The molecule has 2 rings (SSSR count). The summed E-state index contributed by atoms with van der Waals surface area (Å²) in [4.78, 5) is 6.68. The molecule has 0 amide bonds. The highest BCUT2D eigenvalue weighted by Crippen LogP contribution is 2.19. The lowest BCUT2D eigenvalue weighted by Crippen LogP contribution is -2.37. The minimum Gasteiger partial charge on any atom is -0.370 e. The molecule has 1 heterocycles. The second-order valence-corrected chi connectivity index (χ2v) is 6.34. The summed E-state index contributed by atoms with van der Waals surface area (Å²) in [6.07, 6.45) is 1.10. The lowest BCUT2D eigenvalue weighted by molar-refractivity contribution is 0.781. The second-order valence-electron chi connectivity index (χ2n) is 5.12. The summed E-state index contributed by atoms with van der Waals surface area (Å²) in [7, 11) is 1.81. The topological polar surface area (TPSA) is 39.7 Å². The van der Waals surface area contributed by atoms with Gasteiger partial charge in [0, 0.05) is 50.4 Å². The molecule has 0 bridgehead atoms. The van der Waals surface area contributed by atoms with Crippen molar-refractivity contribution >= 4 is 47.4 Å². The molecule has 1 aliphatic rings. The largest absolute Gasteiger partial charge is 0.370 e. The van der Waals surface area contributed by atoms with Crippen LogP contribution in [0.5, 0.6) is 0 Å². The molecule has 0 radical (unpaired) electrons. The SMILES string of the molecule is CCCNC(=NC)NCc1ccc(N2CCSCC2)cc1.I. The summed E-state index contributed by atoms with van der Waals surface area (Å²) in [6, 6.07) is 8.87. The van der Waals surface area contributed by atoms with E-state index in [1.54, 1.807) is 0 Å². The first-order valence-corrected chi connectivity index (χ1v) is 8.85. The van der Waals surface area contributed by atoms with E-state index in [2.05, 4.69) is 51.7 Å². The molecule has 0 atom stereocenters. The Labute approximate surface area is 155 Å². The Morgan fingerprint density at radius 2 is 1.86 bits per heavy atom. The van der Waals surface area contributed by atoms with E-state index < -0.39 is 0 Å². The minimum atomic E-state index is 0. The van der Waals surface area contributed by atoms with Gasteiger partial charge in [0.15, 0.2) is 5.96 Å². The molecule has 0 aromatic heterocycles. The number of hydrogen-bond acceptors (Lipinski definition) is 3. The third kappa shape index (κ3) is 6.24. The summed E-state index contributed by atoms with van der Waals surface area (Å²) in [6.45, 7) is 6.23. The zero-order chi connectivity index (χ0) is 14.9. The monoisotopic (exact) mass is 434 g/mol. The molecule has 0 unspecified atom stereocenters. The van der Waals surface area contributed by atoms with E-state index in [0.717, 1.165) is 38.6 Å². The number of nitrogens with zero attached hydrogens (tertiary/aromatic N) is 2. The van der Waals surface area contributed by atoms with Gasteiger partial charge in [0.25, 0.3) is 0 Å². The zero-order valence-corrected chi connectivity index (χ0v) is 16.6. The fraction of sp³-hybridized carbons (Fsp3) is 0.562. The van der Waals surface area contributed by atoms with Crippen LogP contribution in [-0.2, 0) is 6.54 Å². The summed E-state index contributed by atoms with van der Waals surface area (Å²) in [5.74, 6) is 3.35. The lowest BCUT2D eigenvalue weighted by atomic mass is 10.2. The molecule has 1 aromatic rings. The fourth-order valence-electron chi connectivity index (χ4n) is 2.30. The Morgan fingerprint density at radius 3 is 2.45 bits per heavy atom. The van der Waals surface area contributed by atoms with Gasteiger partial charge in [-0.15, -0.1) is 24.0 Å². The number of nitrogens with one attached hydrogen (secondary N) is 2. The van der Waals surface area contributed by atoms with Crippen LogP contribution in [0, 0.1) is 0 Å². The number of anilines is 1. The van der Waals surface area contributed by atoms with Crippen molar-refractivity contribution in [2.24, 2.45) is 4.99 Å². The van der Waals surface area contributed by atoms with Gasteiger partial charge in [-0.25, -0.2) is 0 Å². The molecule has 4 nitrogen and oxygen atoms in total. The van der Waals surface area contributed by atoms with Crippen molar-refractivity contribution < 1.29 is 0 Å². The van der Waals surface area contributed by atoms with Gasteiger partial charge in [0.05, 0.1) is 0 Å². The van der Waals surface area contributed by atoms with Crippen LogP contribution in [0.15, 0.2) is 29.3 Å². The fourth-order valence-corrected chi connectivity index (χ4v) is 3.20. The number of halogens is 1. The number of hydrogen-bond donors (Lipinski definition) is 2. The van der Waals surface area contributed by atoms with Crippen molar-refractivity contribution in [3.05, 3.63) is 29.8 Å². The standard InChI is InChI=1S/C16H26N4S.HI/c1-3-8-18-16(17-2)19-13-14-4-6-15(7-5-14)20-9-11-21-12-10-20;/h4-7H,3,8-13H2,1-2H3,(H2,17,18,19);1H. The molecule has 0 saturated carbocycles. The summed E-state index contributed by atoms with van der Waals surface area (Å²) < 4.78 is 0. The number of aliphatic imine (C=N–C) groups is 1. The number of thioether (sulfide) groups is 1. The average molecular weight is 434 g/mol. The highest BCUT2D eigenvalue weighted by Gasteiger charge is 2.10. The van der Waals surface area contributed by atoms with E-state index in [1.165, 1.54) is 22.8 Å². The van der Waals surface area contributed by atoms with Crippen LogP contribution in [-0.4, -0.2) is 44.1 Å². The van der Waals surface area contributed by atoms with Gasteiger partial charge in [-0.2, -0.15) is 11.8 Å². The van der Waals surface area contributed by atoms with E-state index >= 15 is 0 Å². The Morgan fingerprint density at radius 1 is 1.18 bits per heavy atom. The molecule has 1 fully saturated rings. The van der Waals surface area contributed by atoms with E-state index in [-0.39, 0.29) is 24.0 Å². The van der Waals surface area contributed by atoms with Crippen molar-refractivity contribution in [2.45, 2.75) is 19.9 Å². The first kappa shape index (κ1) is 19.4. The van der Waals surface area contributed by atoms with Crippen LogP contribution in [0.4, 0.5) is 5.69 Å². The first-order chi connectivity index (χ1) is 10.3. The number of rotatable bonds is 5. The van der Waals surface area contributed by atoms with Gasteiger partial charge in [-0.1, -0.05) is 19.1 Å². The van der Waals surface area contributed by atoms with E-state index in [1.807, 2.05) is 18.8 Å². The number of benzene rings is 1. The van der Waals surface area contributed by atoms with Crippen LogP contribution in [0.1, 0.15) is 18.9 Å². The van der Waals surface area contributed by atoms with Crippen molar-refractivity contribution in [3.8, 4) is 0 Å². The normalized spacial score (nSPS) is 15.2. The maximum atomic E-state index is 4.22. The van der Waals surface area contributed by atoms with E-state index in [4.69, 9.17) is 0 Å². The third-order valence-corrected chi connectivity index (χ3v) is 4.48. The van der Waals surface area contributed by atoms with Gasteiger partial charge in [0.1, 0.15) is 0 Å². The molecule has 6 heteroatoms. The van der Waals surface area contributed by atoms with Crippen LogP contribution < -0.4 is 15.5 Å². The predicted octanol–water partition coefficient (Wildman–Crippen LogP) is 2.93. The maximum Gasteiger partial charge on any atom is 0.191 e. The van der Waals surface area contributed by atoms with Crippen LogP contribution >= 0.6 is 35.7 Å². The van der Waals surface area contributed by atoms with Crippen LogP contribution in [0.2, 0.25) is 0 Å². The minimum absolute atomic E-state index is 0. The van der Waals surface area contributed by atoms with Gasteiger partial charge < -0.3 is 15.5 Å². The molecule has 0 spiro atoms. The van der Waals surface area contributed by atoms with Gasteiger partial charge in [-0.05, 0) is 24.1 Å². The third-order valence-electron chi connectivity index (χ3n) is 3.54. The van der Waals surface area contributed by atoms with Gasteiger partial charge in [-0.3, -0.25) is 4.99 Å². The van der Waals surface area contributed by atoms with Crippen molar-refractivity contribution in [1.82, 2.24) is 10.6 Å². The summed E-state index contributed by atoms with van der Waals surface area (Å²) in [5.41, 5.74) is 2.62. The van der Waals surface area contributed by atoms with Crippen molar-refractivity contribution in [2.75, 3.05) is 43.1 Å². The van der Waals surface area contributed by atoms with Crippen LogP contribution in [0.3, 0.4) is 0 Å².